The second kappa shape index (κ2) is 10.0. The highest BCUT2D eigenvalue weighted by atomic mass is 32.1. The van der Waals surface area contributed by atoms with Crippen molar-refractivity contribution in [3.63, 3.8) is 0 Å². The van der Waals surface area contributed by atoms with Gasteiger partial charge < -0.3 is 15.4 Å². The minimum atomic E-state index is -0.661. The molecule has 0 saturated heterocycles. The molecule has 0 fully saturated rings. The van der Waals surface area contributed by atoms with E-state index in [4.69, 9.17) is 10.5 Å². The van der Waals surface area contributed by atoms with E-state index < -0.39 is 5.91 Å². The lowest BCUT2D eigenvalue weighted by molar-refractivity contribution is 0.0997. The summed E-state index contributed by atoms with van der Waals surface area (Å²) in [5, 5.41) is 2.91. The molecule has 0 saturated carbocycles. The van der Waals surface area contributed by atoms with Crippen LogP contribution in [0.1, 0.15) is 55.8 Å². The van der Waals surface area contributed by atoms with E-state index in [2.05, 4.69) is 16.6 Å². The van der Waals surface area contributed by atoms with Crippen LogP contribution in [0.2, 0.25) is 0 Å². The Labute approximate surface area is 141 Å². The van der Waals surface area contributed by atoms with Gasteiger partial charge in [0.05, 0.1) is 6.61 Å². The number of primary amides is 1. The van der Waals surface area contributed by atoms with E-state index in [0.29, 0.717) is 11.6 Å². The van der Waals surface area contributed by atoms with E-state index in [1.54, 1.807) is 14.1 Å². The lowest BCUT2D eigenvalue weighted by atomic mass is 10.1. The van der Waals surface area contributed by atoms with Gasteiger partial charge in [0.15, 0.2) is 0 Å². The van der Waals surface area contributed by atoms with Gasteiger partial charge in [-0.05, 0) is 18.0 Å². The predicted molar refractivity (Wildman–Crippen MR) is 92.2 cm³/mol. The number of carbonyl (C=O) groups excluding carboxylic acids is 2. The van der Waals surface area contributed by atoms with Crippen molar-refractivity contribution in [3.8, 4) is 5.88 Å². The molecule has 0 aliphatic heterocycles. The fraction of sp³-hybridized carbons (Fsp3) is 0.667. The van der Waals surface area contributed by atoms with Crippen molar-refractivity contribution in [2.75, 3.05) is 26.0 Å². The molecule has 0 aliphatic carbocycles. The molecule has 1 heterocycles. The minimum Gasteiger partial charge on any atom is -0.476 e. The van der Waals surface area contributed by atoms with Crippen LogP contribution in [0.25, 0.3) is 0 Å². The first-order chi connectivity index (χ1) is 11.0. The summed E-state index contributed by atoms with van der Waals surface area (Å²) in [5.41, 5.74) is 5.52. The van der Waals surface area contributed by atoms with Gasteiger partial charge in [0.1, 0.15) is 10.6 Å². The molecule has 3 amide bonds. The molecule has 0 unspecified atom stereocenters. The number of nitrogens with zero attached hydrogens (tertiary/aromatic N) is 2. The van der Waals surface area contributed by atoms with Gasteiger partial charge in [-0.3, -0.25) is 10.1 Å². The highest BCUT2D eigenvalue weighted by Gasteiger charge is 2.22. The molecule has 1 aromatic heterocycles. The molecule has 0 bridgehead atoms. The van der Waals surface area contributed by atoms with E-state index >= 15 is 0 Å². The van der Waals surface area contributed by atoms with Crippen molar-refractivity contribution in [1.82, 2.24) is 9.27 Å². The number of amides is 3. The molecule has 7 nitrogen and oxygen atoms in total. The van der Waals surface area contributed by atoms with Crippen LogP contribution < -0.4 is 15.8 Å². The average Bonchev–Trinajstić information content (AvgIpc) is 2.89. The van der Waals surface area contributed by atoms with Crippen molar-refractivity contribution >= 4 is 28.5 Å². The average molecular weight is 342 g/mol. The van der Waals surface area contributed by atoms with E-state index in [9.17, 15) is 9.59 Å². The summed E-state index contributed by atoms with van der Waals surface area (Å²) < 4.78 is 9.64. The first-order valence-corrected chi connectivity index (χ1v) is 8.65. The Balaban J connectivity index is 2.54. The maximum absolute atomic E-state index is 11.7. The summed E-state index contributed by atoms with van der Waals surface area (Å²) in [7, 11) is 3.21. The molecule has 0 atom stereocenters. The molecule has 0 radical (unpaired) electrons. The summed E-state index contributed by atoms with van der Waals surface area (Å²) >= 11 is 0.991. The number of nitrogens with two attached hydrogens (primary N) is 1. The van der Waals surface area contributed by atoms with Crippen LogP contribution >= 0.6 is 11.5 Å². The number of hydrogen-bond acceptors (Lipinski definition) is 5. The van der Waals surface area contributed by atoms with Crippen LogP contribution in [0.4, 0.5) is 9.80 Å². The Morgan fingerprint density at radius 3 is 2.48 bits per heavy atom. The lowest BCUT2D eigenvalue weighted by Gasteiger charge is -2.11. The Hall–Kier alpha value is -1.83. The highest BCUT2D eigenvalue weighted by molar-refractivity contribution is 7.11. The zero-order valence-corrected chi connectivity index (χ0v) is 14.9. The first kappa shape index (κ1) is 19.2. The quantitative estimate of drug-likeness (QED) is 0.638. The zero-order chi connectivity index (χ0) is 17.2. The van der Waals surface area contributed by atoms with Crippen LogP contribution in [-0.2, 0) is 0 Å². The minimum absolute atomic E-state index is 0.135. The van der Waals surface area contributed by atoms with Crippen molar-refractivity contribution < 1.29 is 14.3 Å². The SMILES string of the molecule is CCCCCCCCOc1nsc(NC(=O)N(C)C)c1C(N)=O. The summed E-state index contributed by atoms with van der Waals surface area (Å²) in [6.07, 6.45) is 6.88. The predicted octanol–water partition coefficient (Wildman–Crippen LogP) is 3.07. The van der Waals surface area contributed by atoms with Gasteiger partial charge in [-0.1, -0.05) is 39.0 Å². The molecule has 1 aromatic rings. The number of rotatable bonds is 10. The summed E-state index contributed by atoms with van der Waals surface area (Å²) in [6.45, 7) is 2.67. The summed E-state index contributed by atoms with van der Waals surface area (Å²) in [4.78, 5) is 24.7. The van der Waals surface area contributed by atoms with Crippen LogP contribution in [0, 0.1) is 0 Å². The molecule has 0 aromatic carbocycles. The lowest BCUT2D eigenvalue weighted by Crippen LogP contribution is -2.28. The molecule has 8 heteroatoms. The largest absolute Gasteiger partial charge is 0.476 e. The number of unbranched alkanes of at least 4 members (excludes halogenated alkanes) is 5. The van der Waals surface area contributed by atoms with Crippen molar-refractivity contribution in [2.45, 2.75) is 45.4 Å². The van der Waals surface area contributed by atoms with Crippen LogP contribution in [-0.4, -0.2) is 41.9 Å². The Bertz CT molecular complexity index is 517. The fourth-order valence-electron chi connectivity index (χ4n) is 1.94. The van der Waals surface area contributed by atoms with Gasteiger partial charge in [-0.15, -0.1) is 0 Å². The van der Waals surface area contributed by atoms with Crippen molar-refractivity contribution in [1.29, 1.82) is 0 Å². The number of anilines is 1. The van der Waals surface area contributed by atoms with Crippen molar-refractivity contribution in [2.24, 2.45) is 5.73 Å². The third-order valence-corrected chi connectivity index (χ3v) is 4.02. The van der Waals surface area contributed by atoms with E-state index in [0.717, 1.165) is 24.4 Å². The van der Waals surface area contributed by atoms with Gasteiger partial charge in [0.25, 0.3) is 5.91 Å². The smallest absolute Gasteiger partial charge is 0.321 e. The van der Waals surface area contributed by atoms with E-state index in [-0.39, 0.29) is 17.5 Å². The Morgan fingerprint density at radius 2 is 1.87 bits per heavy atom. The number of aromatic nitrogens is 1. The maximum atomic E-state index is 11.7. The number of carbonyl (C=O) groups is 2. The molecule has 0 aliphatic rings. The molecular weight excluding hydrogens is 316 g/mol. The van der Waals surface area contributed by atoms with Crippen LogP contribution in [0.15, 0.2) is 0 Å². The third kappa shape index (κ3) is 6.43. The number of hydrogen-bond donors (Lipinski definition) is 2. The molecule has 1 rings (SSSR count). The first-order valence-electron chi connectivity index (χ1n) is 7.88. The molecule has 3 N–H and O–H groups in total. The monoisotopic (exact) mass is 342 g/mol. The standard InChI is InChI=1S/C15H26N4O3S/c1-4-5-6-7-8-9-10-22-13-11(12(16)20)14(23-18-13)17-15(21)19(2)3/h4-10H2,1-3H3,(H2,16,20)(H,17,21). The highest BCUT2D eigenvalue weighted by Crippen LogP contribution is 2.30. The van der Waals surface area contributed by atoms with Gasteiger partial charge in [0, 0.05) is 14.1 Å². The molecule has 23 heavy (non-hydrogen) atoms. The molecule has 130 valence electrons. The number of nitrogens with one attached hydrogen (secondary N) is 1. The third-order valence-electron chi connectivity index (χ3n) is 3.27. The zero-order valence-electron chi connectivity index (χ0n) is 14.1. The Morgan fingerprint density at radius 1 is 1.22 bits per heavy atom. The maximum Gasteiger partial charge on any atom is 0.321 e. The summed E-state index contributed by atoms with van der Waals surface area (Å²) in [5.74, 6) is -0.462. The summed E-state index contributed by atoms with van der Waals surface area (Å²) in [6, 6.07) is -0.348. The van der Waals surface area contributed by atoms with E-state index in [1.165, 1.54) is 30.6 Å². The van der Waals surface area contributed by atoms with E-state index in [1.807, 2.05) is 0 Å². The van der Waals surface area contributed by atoms with Gasteiger partial charge in [-0.25, -0.2) is 4.79 Å². The van der Waals surface area contributed by atoms with Gasteiger partial charge in [-0.2, -0.15) is 4.37 Å². The van der Waals surface area contributed by atoms with Gasteiger partial charge >= 0.3 is 6.03 Å². The topological polar surface area (TPSA) is 97.6 Å². The van der Waals surface area contributed by atoms with Crippen LogP contribution in [0.5, 0.6) is 5.88 Å². The number of ether oxygens (including phenoxy) is 1. The second-order valence-corrected chi connectivity index (χ2v) is 6.27. The second-order valence-electron chi connectivity index (χ2n) is 5.50. The van der Waals surface area contributed by atoms with Crippen LogP contribution in [0.3, 0.4) is 0 Å². The normalized spacial score (nSPS) is 10.4. The molecular formula is C15H26N4O3S. The number of urea groups is 1. The fourth-order valence-corrected chi connectivity index (χ4v) is 2.67. The van der Waals surface area contributed by atoms with Crippen molar-refractivity contribution in [3.05, 3.63) is 5.56 Å². The molecule has 0 spiro atoms. The Kier molecular flexibility index (Phi) is 8.39. The van der Waals surface area contributed by atoms with Gasteiger partial charge in [0.2, 0.25) is 5.88 Å².